The number of nitrogens with two attached hydrogens (primary N) is 1. The van der Waals surface area contributed by atoms with Gasteiger partial charge in [0.2, 0.25) is 5.88 Å². The first-order chi connectivity index (χ1) is 9.13. The van der Waals surface area contributed by atoms with Crippen molar-refractivity contribution in [3.63, 3.8) is 0 Å². The molecule has 1 aromatic heterocycles. The van der Waals surface area contributed by atoms with Gasteiger partial charge in [-0.25, -0.2) is 0 Å². The van der Waals surface area contributed by atoms with Crippen LogP contribution in [0.25, 0.3) is 0 Å². The van der Waals surface area contributed by atoms with E-state index in [0.29, 0.717) is 25.1 Å². The van der Waals surface area contributed by atoms with E-state index in [4.69, 9.17) is 10.5 Å². The molecule has 1 aliphatic rings. The molecule has 0 aliphatic carbocycles. The minimum atomic E-state index is 0.445. The topological polar surface area (TPSA) is 64.3 Å². The fourth-order valence-corrected chi connectivity index (χ4v) is 2.63. The van der Waals surface area contributed by atoms with Crippen LogP contribution in [0.2, 0.25) is 0 Å². The van der Waals surface area contributed by atoms with E-state index in [-0.39, 0.29) is 0 Å². The lowest BCUT2D eigenvalue weighted by Gasteiger charge is -2.19. The summed E-state index contributed by atoms with van der Waals surface area (Å²) in [6, 6.07) is 0.640. The molecule has 0 amide bonds. The van der Waals surface area contributed by atoms with Crippen LogP contribution in [0.1, 0.15) is 36.1 Å². The molecule has 0 radical (unpaired) electrons. The maximum absolute atomic E-state index is 5.79. The SMILES string of the molecule is Cc1nnc(OCCC2CCCN2C)c(CN)c1C. The van der Waals surface area contributed by atoms with Crippen molar-refractivity contribution in [2.24, 2.45) is 5.73 Å². The molecular weight excluding hydrogens is 240 g/mol. The van der Waals surface area contributed by atoms with Crippen molar-refractivity contribution >= 4 is 0 Å². The zero-order valence-corrected chi connectivity index (χ0v) is 12.1. The van der Waals surface area contributed by atoms with Crippen LogP contribution in [-0.2, 0) is 6.54 Å². The highest BCUT2D eigenvalue weighted by molar-refractivity contribution is 5.34. The Balaban J connectivity index is 1.94. The molecule has 5 nitrogen and oxygen atoms in total. The minimum absolute atomic E-state index is 0.445. The van der Waals surface area contributed by atoms with Gasteiger partial charge in [0.15, 0.2) is 0 Å². The molecule has 1 aromatic rings. The molecule has 2 rings (SSSR count). The van der Waals surface area contributed by atoms with Gasteiger partial charge in [0.25, 0.3) is 0 Å². The Morgan fingerprint density at radius 2 is 2.16 bits per heavy atom. The van der Waals surface area contributed by atoms with Crippen molar-refractivity contribution in [3.8, 4) is 5.88 Å². The zero-order valence-electron chi connectivity index (χ0n) is 12.1. The fourth-order valence-electron chi connectivity index (χ4n) is 2.63. The van der Waals surface area contributed by atoms with Crippen LogP contribution in [0.4, 0.5) is 0 Å². The number of hydrogen-bond acceptors (Lipinski definition) is 5. The van der Waals surface area contributed by atoms with Gasteiger partial charge in [0.05, 0.1) is 12.3 Å². The van der Waals surface area contributed by atoms with E-state index in [0.717, 1.165) is 23.2 Å². The largest absolute Gasteiger partial charge is 0.476 e. The molecule has 1 saturated heterocycles. The first kappa shape index (κ1) is 14.2. The summed E-state index contributed by atoms with van der Waals surface area (Å²) in [7, 11) is 2.18. The number of aromatic nitrogens is 2. The molecule has 0 aromatic carbocycles. The summed E-state index contributed by atoms with van der Waals surface area (Å²) in [6.07, 6.45) is 3.59. The van der Waals surface area contributed by atoms with Crippen molar-refractivity contribution in [1.29, 1.82) is 0 Å². The lowest BCUT2D eigenvalue weighted by molar-refractivity contribution is 0.225. The lowest BCUT2D eigenvalue weighted by atomic mass is 10.1. The first-order valence-electron chi connectivity index (χ1n) is 6.99. The second-order valence-electron chi connectivity index (χ2n) is 5.31. The van der Waals surface area contributed by atoms with E-state index in [1.54, 1.807) is 0 Å². The monoisotopic (exact) mass is 264 g/mol. The molecule has 2 heterocycles. The third-order valence-corrected chi connectivity index (χ3v) is 4.11. The van der Waals surface area contributed by atoms with Gasteiger partial charge in [-0.3, -0.25) is 0 Å². The summed E-state index contributed by atoms with van der Waals surface area (Å²) in [5.41, 5.74) is 8.77. The molecule has 5 heteroatoms. The molecule has 1 aliphatic heterocycles. The molecule has 106 valence electrons. The molecule has 0 spiro atoms. The van der Waals surface area contributed by atoms with E-state index in [1.165, 1.54) is 19.4 Å². The van der Waals surface area contributed by atoms with Crippen LogP contribution in [0.5, 0.6) is 5.88 Å². The van der Waals surface area contributed by atoms with Crippen LogP contribution in [-0.4, -0.2) is 41.3 Å². The van der Waals surface area contributed by atoms with Crippen LogP contribution in [0.15, 0.2) is 0 Å². The Morgan fingerprint density at radius 3 is 2.79 bits per heavy atom. The number of hydrogen-bond donors (Lipinski definition) is 1. The van der Waals surface area contributed by atoms with Gasteiger partial charge in [-0.2, -0.15) is 5.10 Å². The average Bonchev–Trinajstić information content (AvgIpc) is 2.80. The average molecular weight is 264 g/mol. The third kappa shape index (κ3) is 3.22. The van der Waals surface area contributed by atoms with E-state index in [1.807, 2.05) is 13.8 Å². The summed E-state index contributed by atoms with van der Waals surface area (Å²) in [5.74, 6) is 0.603. The van der Waals surface area contributed by atoms with Crippen LogP contribution in [0, 0.1) is 13.8 Å². The number of likely N-dealkylation sites (tertiary alicyclic amines) is 1. The Labute approximate surface area is 115 Å². The number of nitrogens with zero attached hydrogens (tertiary/aromatic N) is 3. The van der Waals surface area contributed by atoms with E-state index in [2.05, 4.69) is 22.1 Å². The maximum Gasteiger partial charge on any atom is 0.238 e. The maximum atomic E-state index is 5.79. The van der Waals surface area contributed by atoms with Crippen molar-refractivity contribution < 1.29 is 4.74 Å². The summed E-state index contributed by atoms with van der Waals surface area (Å²) >= 11 is 0. The van der Waals surface area contributed by atoms with Gasteiger partial charge < -0.3 is 15.4 Å². The second kappa shape index (κ2) is 6.30. The first-order valence-corrected chi connectivity index (χ1v) is 6.99. The number of rotatable bonds is 5. The van der Waals surface area contributed by atoms with Crippen LogP contribution < -0.4 is 10.5 Å². The predicted molar refractivity (Wildman–Crippen MR) is 75.2 cm³/mol. The van der Waals surface area contributed by atoms with Crippen molar-refractivity contribution in [2.45, 2.75) is 45.7 Å². The molecule has 19 heavy (non-hydrogen) atoms. The van der Waals surface area contributed by atoms with Gasteiger partial charge in [-0.1, -0.05) is 0 Å². The highest BCUT2D eigenvalue weighted by Crippen LogP contribution is 2.21. The molecule has 1 fully saturated rings. The summed E-state index contributed by atoms with van der Waals surface area (Å²) in [5, 5.41) is 8.24. The number of ether oxygens (including phenoxy) is 1. The fraction of sp³-hybridized carbons (Fsp3) is 0.714. The lowest BCUT2D eigenvalue weighted by Crippen LogP contribution is -2.26. The molecule has 1 atom stereocenters. The summed E-state index contributed by atoms with van der Waals surface area (Å²) < 4.78 is 5.79. The van der Waals surface area contributed by atoms with Crippen molar-refractivity contribution in [2.75, 3.05) is 20.2 Å². The normalized spacial score (nSPS) is 19.9. The van der Waals surface area contributed by atoms with Gasteiger partial charge in [-0.05, 0) is 52.3 Å². The van der Waals surface area contributed by atoms with Crippen molar-refractivity contribution in [3.05, 3.63) is 16.8 Å². The molecule has 2 N–H and O–H groups in total. The molecule has 0 bridgehead atoms. The highest BCUT2D eigenvalue weighted by atomic mass is 16.5. The van der Waals surface area contributed by atoms with Gasteiger partial charge in [-0.15, -0.1) is 5.10 Å². The Hall–Kier alpha value is -1.20. The van der Waals surface area contributed by atoms with Crippen molar-refractivity contribution in [1.82, 2.24) is 15.1 Å². The van der Waals surface area contributed by atoms with Crippen LogP contribution >= 0.6 is 0 Å². The molecule has 1 unspecified atom stereocenters. The second-order valence-corrected chi connectivity index (χ2v) is 5.31. The van der Waals surface area contributed by atoms with Gasteiger partial charge in [0, 0.05) is 18.2 Å². The quantitative estimate of drug-likeness (QED) is 0.871. The minimum Gasteiger partial charge on any atom is -0.476 e. The molecular formula is C14H24N4O. The Morgan fingerprint density at radius 1 is 1.37 bits per heavy atom. The highest BCUT2D eigenvalue weighted by Gasteiger charge is 2.20. The predicted octanol–water partition coefficient (Wildman–Crippen LogP) is 1.42. The summed E-state index contributed by atoms with van der Waals surface area (Å²) in [6.45, 7) is 6.28. The van der Waals surface area contributed by atoms with E-state index >= 15 is 0 Å². The summed E-state index contributed by atoms with van der Waals surface area (Å²) in [4.78, 5) is 2.40. The number of aryl methyl sites for hydroxylation is 1. The van der Waals surface area contributed by atoms with E-state index < -0.39 is 0 Å². The van der Waals surface area contributed by atoms with E-state index in [9.17, 15) is 0 Å². The Bertz CT molecular complexity index is 436. The Kier molecular flexibility index (Phi) is 4.71. The third-order valence-electron chi connectivity index (χ3n) is 4.11. The van der Waals surface area contributed by atoms with Gasteiger partial charge in [0.1, 0.15) is 0 Å². The zero-order chi connectivity index (χ0) is 13.8. The molecule has 0 saturated carbocycles. The smallest absolute Gasteiger partial charge is 0.238 e. The standard InChI is InChI=1S/C14H24N4O/c1-10-11(2)16-17-14(13(10)9-15)19-8-6-12-5-4-7-18(12)3/h12H,4-9,15H2,1-3H3. The van der Waals surface area contributed by atoms with Gasteiger partial charge >= 0.3 is 0 Å². The van der Waals surface area contributed by atoms with Crippen LogP contribution in [0.3, 0.4) is 0 Å².